The minimum absolute atomic E-state index is 0.0270. The Hall–Kier alpha value is -7.96. The summed E-state index contributed by atoms with van der Waals surface area (Å²) in [5.41, 5.74) is -13.3. The molecule has 60 heavy (non-hydrogen) atoms. The van der Waals surface area contributed by atoms with Crippen LogP contribution in [0, 0.1) is 82.4 Å². The van der Waals surface area contributed by atoms with E-state index in [-0.39, 0.29) is 11.1 Å². The number of oxazole rings is 2. The molecule has 2 aromatic heterocycles. The molecule has 5 aromatic carbocycles. The van der Waals surface area contributed by atoms with Crippen molar-refractivity contribution in [3.63, 3.8) is 0 Å². The number of alkyl halides is 6. The highest BCUT2D eigenvalue weighted by Gasteiger charge is 2.35. The first-order chi connectivity index (χ1) is 28.3. The van der Waals surface area contributed by atoms with E-state index in [4.69, 9.17) is 8.83 Å². The van der Waals surface area contributed by atoms with E-state index in [9.17, 15) is 47.4 Å². The minimum atomic E-state index is -4.96. The van der Waals surface area contributed by atoms with Crippen molar-refractivity contribution in [2.24, 2.45) is 0 Å². The second-order valence-electron chi connectivity index (χ2n) is 13.1. The van der Waals surface area contributed by atoms with E-state index in [2.05, 4.69) is 9.97 Å². The number of aryl methyl sites for hydroxylation is 2. The van der Waals surface area contributed by atoms with Gasteiger partial charge in [-0.2, -0.15) is 47.4 Å². The topological polar surface area (TPSA) is 147 Å². The SMILES string of the molecule is Cc1cc(-c2c(F)cc(F)cc2-c2c3nc(=C(C#N)C#N)oc3c(-c3cc(F)cc(F)c3-c3cc(C)cc(C(F)(F)F)c3)c3nc(=C(C#N)C#N)oc23)cc(C(F)(F)F)c1. The maximum atomic E-state index is 16.2. The number of nitriles is 4. The summed E-state index contributed by atoms with van der Waals surface area (Å²) in [5.74, 6) is -5.51. The number of rotatable bonds is 4. The van der Waals surface area contributed by atoms with Crippen LogP contribution in [-0.4, -0.2) is 9.97 Å². The molecule has 18 heteroatoms. The largest absolute Gasteiger partial charge is 0.434 e. The van der Waals surface area contributed by atoms with Crippen LogP contribution >= 0.6 is 0 Å². The zero-order valence-corrected chi connectivity index (χ0v) is 30.1. The van der Waals surface area contributed by atoms with Gasteiger partial charge in [0.25, 0.3) is 0 Å². The van der Waals surface area contributed by atoms with Gasteiger partial charge in [-0.15, -0.1) is 0 Å². The van der Waals surface area contributed by atoms with Crippen LogP contribution < -0.4 is 11.1 Å². The van der Waals surface area contributed by atoms with Crippen LogP contribution in [0.3, 0.4) is 0 Å². The molecule has 7 aromatic rings. The van der Waals surface area contributed by atoms with Crippen molar-refractivity contribution < 1.29 is 52.7 Å². The van der Waals surface area contributed by atoms with Crippen molar-refractivity contribution in [1.29, 1.82) is 21.0 Å². The van der Waals surface area contributed by atoms with Crippen LogP contribution in [0.4, 0.5) is 43.9 Å². The van der Waals surface area contributed by atoms with Gasteiger partial charge in [-0.25, -0.2) is 27.5 Å². The van der Waals surface area contributed by atoms with Crippen LogP contribution in [0.15, 0.2) is 69.5 Å². The van der Waals surface area contributed by atoms with Gasteiger partial charge in [-0.1, -0.05) is 12.1 Å². The standard InChI is InChI=1S/C42H16F10N6O2/c1-17-3-19(7-23(5-17)41(47,48)49)31-27(9-25(43)11-29(31)45)33-35-38(60-39(57-35)21(13-53)14-54)34(36-37(33)59-40(58-36)22(15-55)16-56)28-10-26(44)12-30(46)32(28)20-4-18(2)6-24(8-20)42(50,51)52/h3-12H,1-2H3. The molecule has 0 bridgehead atoms. The van der Waals surface area contributed by atoms with Crippen LogP contribution in [0.2, 0.25) is 0 Å². The van der Waals surface area contributed by atoms with E-state index in [1.165, 1.54) is 38.1 Å². The summed E-state index contributed by atoms with van der Waals surface area (Å²) in [4.78, 5) is 8.41. The number of fused-ring (bicyclic) bond motifs is 2. The lowest BCUT2D eigenvalue weighted by atomic mass is 9.87. The average molecular weight is 827 g/mol. The highest BCUT2D eigenvalue weighted by Crippen LogP contribution is 2.49. The van der Waals surface area contributed by atoms with E-state index in [1.807, 2.05) is 0 Å². The van der Waals surface area contributed by atoms with Crippen LogP contribution in [0.5, 0.6) is 0 Å². The fourth-order valence-corrected chi connectivity index (χ4v) is 6.80. The summed E-state index contributed by atoms with van der Waals surface area (Å²) >= 11 is 0. The van der Waals surface area contributed by atoms with E-state index in [0.717, 1.165) is 24.3 Å². The molecule has 0 saturated heterocycles. The van der Waals surface area contributed by atoms with E-state index in [1.54, 1.807) is 0 Å². The monoisotopic (exact) mass is 826 g/mol. The molecule has 0 amide bonds. The lowest BCUT2D eigenvalue weighted by Crippen LogP contribution is -2.06. The maximum absolute atomic E-state index is 16.2. The summed E-state index contributed by atoms with van der Waals surface area (Å²) in [5, 5.41) is 39.0. The van der Waals surface area contributed by atoms with Gasteiger partial charge in [0.2, 0.25) is 11.1 Å². The highest BCUT2D eigenvalue weighted by molar-refractivity contribution is 6.18. The molecule has 2 heterocycles. The molecule has 0 radical (unpaired) electrons. The molecule has 0 atom stereocenters. The molecule has 0 fully saturated rings. The van der Waals surface area contributed by atoms with Gasteiger partial charge in [-0.05, 0) is 72.5 Å². The Morgan fingerprint density at radius 1 is 0.500 bits per heavy atom. The molecule has 0 aliphatic heterocycles. The molecule has 0 spiro atoms. The fraction of sp³-hybridized carbons (Fsp3) is 0.0952. The molecule has 0 aliphatic rings. The van der Waals surface area contributed by atoms with Crippen molar-refractivity contribution >= 4 is 33.3 Å². The molecule has 0 N–H and O–H groups in total. The fourth-order valence-electron chi connectivity index (χ4n) is 6.80. The Labute approximate surface area is 329 Å². The number of nitrogens with zero attached hydrogens (tertiary/aromatic N) is 6. The van der Waals surface area contributed by atoms with Crippen molar-refractivity contribution in [2.45, 2.75) is 26.2 Å². The third kappa shape index (κ3) is 6.90. The smallest absolute Gasteiger partial charge is 0.416 e. The summed E-state index contributed by atoms with van der Waals surface area (Å²) in [6.45, 7) is 2.53. The second-order valence-corrected chi connectivity index (χ2v) is 13.1. The highest BCUT2D eigenvalue weighted by atomic mass is 19.4. The summed E-state index contributed by atoms with van der Waals surface area (Å²) < 4.78 is 159. The number of hydrogen-bond acceptors (Lipinski definition) is 8. The lowest BCUT2D eigenvalue weighted by Gasteiger charge is -2.18. The quantitative estimate of drug-likeness (QED) is 0.159. The average Bonchev–Trinajstić information content (AvgIpc) is 3.78. The van der Waals surface area contributed by atoms with Gasteiger partial charge >= 0.3 is 12.4 Å². The molecular formula is C42H16F10N6O2. The first-order valence-corrected chi connectivity index (χ1v) is 16.8. The minimum Gasteiger partial charge on any atom is -0.434 e. The van der Waals surface area contributed by atoms with Crippen molar-refractivity contribution in [3.05, 3.63) is 117 Å². The third-order valence-corrected chi connectivity index (χ3v) is 9.09. The zero-order chi connectivity index (χ0) is 43.6. The van der Waals surface area contributed by atoms with E-state index < -0.39 is 136 Å². The van der Waals surface area contributed by atoms with Crippen molar-refractivity contribution in [2.75, 3.05) is 0 Å². The molecular weight excluding hydrogens is 810 g/mol. The first-order valence-electron chi connectivity index (χ1n) is 16.8. The normalized spacial score (nSPS) is 11.6. The van der Waals surface area contributed by atoms with Crippen LogP contribution in [0.25, 0.3) is 77.9 Å². The van der Waals surface area contributed by atoms with Crippen LogP contribution in [-0.2, 0) is 12.4 Å². The molecule has 0 saturated carbocycles. The molecule has 0 aliphatic carbocycles. The molecule has 7 rings (SSSR count). The van der Waals surface area contributed by atoms with Gasteiger partial charge in [-0.3, -0.25) is 0 Å². The van der Waals surface area contributed by atoms with Gasteiger partial charge in [0.15, 0.2) is 22.3 Å². The second kappa shape index (κ2) is 14.5. The zero-order valence-electron chi connectivity index (χ0n) is 30.1. The van der Waals surface area contributed by atoms with Gasteiger partial charge in [0, 0.05) is 34.4 Å². The van der Waals surface area contributed by atoms with E-state index >= 15 is 17.6 Å². The van der Waals surface area contributed by atoms with Gasteiger partial charge in [0.05, 0.1) is 22.3 Å². The van der Waals surface area contributed by atoms with E-state index in [0.29, 0.717) is 36.4 Å². The summed E-state index contributed by atoms with van der Waals surface area (Å²) in [6.07, 6.45) is -9.92. The number of benzene rings is 5. The third-order valence-electron chi connectivity index (χ3n) is 9.09. The van der Waals surface area contributed by atoms with Crippen molar-refractivity contribution in [3.8, 4) is 68.8 Å². The number of aromatic nitrogens is 2. The predicted octanol–water partition coefficient (Wildman–Crippen LogP) is 10.2. The molecule has 8 nitrogen and oxygen atoms in total. The Kier molecular flexibility index (Phi) is 9.69. The van der Waals surface area contributed by atoms with Crippen molar-refractivity contribution in [1.82, 2.24) is 9.97 Å². The van der Waals surface area contributed by atoms with Gasteiger partial charge < -0.3 is 8.83 Å². The van der Waals surface area contributed by atoms with Gasteiger partial charge in [0.1, 0.15) is 58.6 Å². The number of halogens is 10. The Balaban J connectivity index is 1.78. The first kappa shape index (κ1) is 40.2. The Morgan fingerprint density at radius 2 is 0.850 bits per heavy atom. The lowest BCUT2D eigenvalue weighted by molar-refractivity contribution is -0.138. The molecule has 296 valence electrons. The maximum Gasteiger partial charge on any atom is 0.416 e. The summed E-state index contributed by atoms with van der Waals surface area (Å²) in [7, 11) is 0. The summed E-state index contributed by atoms with van der Waals surface area (Å²) in [6, 6.07) is 13.0. The number of hydrogen-bond donors (Lipinski definition) is 0. The Bertz CT molecular complexity index is 3000. The Morgan fingerprint density at radius 3 is 1.17 bits per heavy atom. The predicted molar refractivity (Wildman–Crippen MR) is 191 cm³/mol. The van der Waals surface area contributed by atoms with Crippen LogP contribution in [0.1, 0.15) is 22.3 Å². The molecule has 0 unspecified atom stereocenters.